The number of nitriles is 1. The number of urea groups is 1. The lowest BCUT2D eigenvalue weighted by Crippen LogP contribution is -2.40. The summed E-state index contributed by atoms with van der Waals surface area (Å²) < 4.78 is 39.2. The van der Waals surface area contributed by atoms with Gasteiger partial charge >= 0.3 is 12.2 Å². The average molecular weight is 490 g/mol. The number of halogens is 3. The number of rotatable bonds is 8. The normalized spacial score (nSPS) is 11.3. The SMILES string of the molecule is CN(CCO)CCN(C(=O)Nc1cccc(C(F)(F)F)c1)c1nc(-c2cccc(C#N)c2)cs1. The highest BCUT2D eigenvalue weighted by Crippen LogP contribution is 2.31. The zero-order valence-electron chi connectivity index (χ0n) is 18.2. The number of nitrogens with one attached hydrogen (secondary N) is 1. The molecule has 2 amide bonds. The Morgan fingerprint density at radius 2 is 1.94 bits per heavy atom. The number of aliphatic hydroxyl groups excluding tert-OH is 1. The van der Waals surface area contributed by atoms with Crippen molar-refractivity contribution in [3.8, 4) is 17.3 Å². The van der Waals surface area contributed by atoms with Crippen molar-refractivity contribution < 1.29 is 23.1 Å². The van der Waals surface area contributed by atoms with Crippen molar-refractivity contribution in [1.29, 1.82) is 5.26 Å². The van der Waals surface area contributed by atoms with Gasteiger partial charge in [-0.15, -0.1) is 11.3 Å². The largest absolute Gasteiger partial charge is 0.416 e. The fourth-order valence-electron chi connectivity index (χ4n) is 3.07. The zero-order valence-corrected chi connectivity index (χ0v) is 19.0. The van der Waals surface area contributed by atoms with Gasteiger partial charge < -0.3 is 15.3 Å². The molecule has 0 fully saturated rings. The summed E-state index contributed by atoms with van der Waals surface area (Å²) in [6.45, 7) is 0.929. The molecule has 0 aliphatic carbocycles. The summed E-state index contributed by atoms with van der Waals surface area (Å²) in [5.41, 5.74) is 0.882. The molecule has 34 heavy (non-hydrogen) atoms. The number of benzene rings is 2. The molecule has 0 unspecified atom stereocenters. The van der Waals surface area contributed by atoms with Crippen LogP contribution in [0.3, 0.4) is 0 Å². The predicted molar refractivity (Wildman–Crippen MR) is 125 cm³/mol. The highest BCUT2D eigenvalue weighted by molar-refractivity contribution is 7.14. The van der Waals surface area contributed by atoms with E-state index in [1.54, 1.807) is 36.7 Å². The molecule has 1 heterocycles. The molecule has 0 saturated heterocycles. The molecular weight excluding hydrogens is 467 g/mol. The van der Waals surface area contributed by atoms with E-state index in [0.717, 1.165) is 12.1 Å². The molecule has 0 bridgehead atoms. The van der Waals surface area contributed by atoms with Crippen LogP contribution in [0.15, 0.2) is 53.9 Å². The number of carbonyl (C=O) groups excluding carboxylic acids is 1. The topological polar surface area (TPSA) is 92.5 Å². The minimum atomic E-state index is -4.53. The van der Waals surface area contributed by atoms with Gasteiger partial charge in [-0.3, -0.25) is 4.90 Å². The zero-order chi connectivity index (χ0) is 24.7. The van der Waals surface area contributed by atoms with E-state index in [-0.39, 0.29) is 18.8 Å². The highest BCUT2D eigenvalue weighted by atomic mass is 32.1. The molecule has 0 spiro atoms. The first-order valence-electron chi connectivity index (χ1n) is 10.2. The number of nitrogens with zero attached hydrogens (tertiary/aromatic N) is 4. The van der Waals surface area contributed by atoms with Crippen LogP contribution in [0.2, 0.25) is 0 Å². The molecular formula is C23H22F3N5O2S. The van der Waals surface area contributed by atoms with Crippen LogP contribution in [0.1, 0.15) is 11.1 Å². The van der Waals surface area contributed by atoms with Crippen LogP contribution in [0.5, 0.6) is 0 Å². The second-order valence-electron chi connectivity index (χ2n) is 7.40. The lowest BCUT2D eigenvalue weighted by Gasteiger charge is -2.24. The summed E-state index contributed by atoms with van der Waals surface area (Å²) in [4.78, 5) is 20.8. The van der Waals surface area contributed by atoms with Gasteiger partial charge in [0.25, 0.3) is 0 Å². The van der Waals surface area contributed by atoms with Crippen LogP contribution >= 0.6 is 11.3 Å². The van der Waals surface area contributed by atoms with Crippen molar-refractivity contribution in [3.63, 3.8) is 0 Å². The van der Waals surface area contributed by atoms with Gasteiger partial charge in [-0.1, -0.05) is 18.2 Å². The molecule has 7 nitrogen and oxygen atoms in total. The van der Waals surface area contributed by atoms with E-state index >= 15 is 0 Å². The maximum atomic E-state index is 13.1. The fraction of sp³-hybridized carbons (Fsp3) is 0.261. The van der Waals surface area contributed by atoms with Crippen LogP contribution in [0, 0.1) is 11.3 Å². The van der Waals surface area contributed by atoms with E-state index in [1.807, 2.05) is 4.90 Å². The number of hydrogen-bond donors (Lipinski definition) is 2. The minimum Gasteiger partial charge on any atom is -0.395 e. The molecule has 0 saturated carbocycles. The van der Waals surface area contributed by atoms with Gasteiger partial charge in [0.05, 0.1) is 29.5 Å². The van der Waals surface area contributed by atoms with Crippen LogP contribution in [-0.4, -0.2) is 54.3 Å². The summed E-state index contributed by atoms with van der Waals surface area (Å²) in [6.07, 6.45) is -4.53. The molecule has 11 heteroatoms. The lowest BCUT2D eigenvalue weighted by molar-refractivity contribution is -0.137. The second-order valence-corrected chi connectivity index (χ2v) is 8.23. The number of likely N-dealkylation sites (N-methyl/N-ethyl adjacent to an activating group) is 1. The molecule has 0 aliphatic heterocycles. The van der Waals surface area contributed by atoms with Gasteiger partial charge in [0, 0.05) is 36.3 Å². The predicted octanol–water partition coefficient (Wildman–Crippen LogP) is 4.66. The van der Waals surface area contributed by atoms with Crippen molar-refractivity contribution in [2.75, 3.05) is 43.5 Å². The van der Waals surface area contributed by atoms with E-state index in [1.165, 1.54) is 28.4 Å². The maximum Gasteiger partial charge on any atom is 0.416 e. The smallest absolute Gasteiger partial charge is 0.395 e. The lowest BCUT2D eigenvalue weighted by atomic mass is 10.1. The maximum absolute atomic E-state index is 13.1. The molecule has 0 radical (unpaired) electrons. The van der Waals surface area contributed by atoms with Crippen molar-refractivity contribution in [2.45, 2.75) is 6.18 Å². The standard InChI is InChI=1S/C23H22F3N5O2S/c1-30(10-11-32)8-9-31(21(33)28-19-7-3-6-18(13-19)23(24,25)26)22-29-20(15-34-22)17-5-2-4-16(12-17)14-27/h2-7,12-13,15,32H,8-11H2,1H3,(H,28,33). The Hall–Kier alpha value is -3.46. The number of anilines is 2. The van der Waals surface area contributed by atoms with E-state index in [2.05, 4.69) is 16.4 Å². The van der Waals surface area contributed by atoms with E-state index in [0.29, 0.717) is 35.0 Å². The van der Waals surface area contributed by atoms with Crippen molar-refractivity contribution >= 4 is 28.2 Å². The fourth-order valence-corrected chi connectivity index (χ4v) is 3.93. The van der Waals surface area contributed by atoms with Crippen LogP contribution < -0.4 is 10.2 Å². The van der Waals surface area contributed by atoms with E-state index in [9.17, 15) is 18.0 Å². The average Bonchev–Trinajstić information content (AvgIpc) is 3.29. The van der Waals surface area contributed by atoms with Gasteiger partial charge in [-0.25, -0.2) is 9.78 Å². The molecule has 2 N–H and O–H groups in total. The Morgan fingerprint density at radius 1 is 1.18 bits per heavy atom. The molecule has 0 aliphatic rings. The van der Waals surface area contributed by atoms with Crippen molar-refractivity contribution in [3.05, 3.63) is 65.0 Å². The molecule has 1 aromatic heterocycles. The Balaban J connectivity index is 1.86. The molecule has 3 aromatic rings. The number of hydrogen-bond acceptors (Lipinski definition) is 6. The van der Waals surface area contributed by atoms with E-state index < -0.39 is 17.8 Å². The van der Waals surface area contributed by atoms with Crippen LogP contribution in [0.4, 0.5) is 28.8 Å². The number of aliphatic hydroxyl groups is 1. The Bertz CT molecular complexity index is 1180. The summed E-state index contributed by atoms with van der Waals surface area (Å²) >= 11 is 1.20. The van der Waals surface area contributed by atoms with Gasteiger partial charge in [0.15, 0.2) is 5.13 Å². The first kappa shape index (κ1) is 25.2. The minimum absolute atomic E-state index is 0.00652. The number of amides is 2. The molecule has 178 valence electrons. The van der Waals surface area contributed by atoms with Gasteiger partial charge in [0.2, 0.25) is 0 Å². The van der Waals surface area contributed by atoms with Crippen LogP contribution in [-0.2, 0) is 6.18 Å². The first-order chi connectivity index (χ1) is 16.2. The summed E-state index contributed by atoms with van der Waals surface area (Å²) in [7, 11) is 1.78. The number of carbonyl (C=O) groups is 1. The quantitative estimate of drug-likeness (QED) is 0.480. The second kappa shape index (κ2) is 11.1. The Kier molecular flexibility index (Phi) is 8.22. The summed E-state index contributed by atoms with van der Waals surface area (Å²) in [6, 6.07) is 12.7. The van der Waals surface area contributed by atoms with Gasteiger partial charge in [-0.2, -0.15) is 18.4 Å². The van der Waals surface area contributed by atoms with Crippen molar-refractivity contribution in [1.82, 2.24) is 9.88 Å². The van der Waals surface area contributed by atoms with E-state index in [4.69, 9.17) is 10.4 Å². The van der Waals surface area contributed by atoms with Gasteiger partial charge in [-0.05, 0) is 37.4 Å². The summed E-state index contributed by atoms with van der Waals surface area (Å²) in [5, 5.41) is 22.9. The highest BCUT2D eigenvalue weighted by Gasteiger charge is 2.30. The van der Waals surface area contributed by atoms with Crippen molar-refractivity contribution in [2.24, 2.45) is 0 Å². The first-order valence-corrected chi connectivity index (χ1v) is 11.1. The van der Waals surface area contributed by atoms with Crippen LogP contribution in [0.25, 0.3) is 11.3 Å². The molecule has 2 aromatic carbocycles. The third-order valence-electron chi connectivity index (χ3n) is 4.88. The number of aromatic nitrogens is 1. The monoisotopic (exact) mass is 489 g/mol. The Morgan fingerprint density at radius 3 is 2.65 bits per heavy atom. The summed E-state index contributed by atoms with van der Waals surface area (Å²) in [5.74, 6) is 0. The molecule has 0 atom stereocenters. The number of thiazole rings is 1. The molecule has 3 rings (SSSR count). The number of alkyl halides is 3. The third kappa shape index (κ3) is 6.54. The Labute approximate surface area is 198 Å². The third-order valence-corrected chi connectivity index (χ3v) is 5.75. The van der Waals surface area contributed by atoms with Gasteiger partial charge in [0.1, 0.15) is 0 Å².